The van der Waals surface area contributed by atoms with Crippen LogP contribution in [0.5, 0.6) is 0 Å². The standard InChI is InChI=1S/C60H40N2O3/c1-2-13-39(14-3-1)62-51-23-7-4-17-50(51)56-52(62)36-35-49-48-22-12-24-53(59(48)65-60(49)56)61(40-31-27-37(28-32-40)42-18-10-20-46-44-15-5-8-25-54(44)63-57(42)46)41-33-29-38(30-34-41)43-19-11-21-47-45-16-6-9-26-55(45)64-58(43)47/h1-8,10-25,27-31,33-36,40H,9,26,32H2. The second kappa shape index (κ2) is 14.1. The summed E-state index contributed by atoms with van der Waals surface area (Å²) < 4.78 is 22.7. The van der Waals surface area contributed by atoms with Gasteiger partial charge in [-0.05, 0) is 78.6 Å². The third-order valence-electron chi connectivity index (χ3n) is 13.8. The van der Waals surface area contributed by atoms with Crippen molar-refractivity contribution in [3.8, 4) is 16.8 Å². The van der Waals surface area contributed by atoms with Crippen molar-refractivity contribution in [2.24, 2.45) is 0 Å². The molecule has 1 unspecified atom stereocenters. The molecule has 0 aliphatic heterocycles. The zero-order valence-electron chi connectivity index (χ0n) is 35.4. The third-order valence-corrected chi connectivity index (χ3v) is 13.8. The van der Waals surface area contributed by atoms with E-state index in [2.05, 4.69) is 198 Å². The maximum Gasteiger partial charge on any atom is 0.159 e. The van der Waals surface area contributed by atoms with Gasteiger partial charge in [0.1, 0.15) is 28.1 Å². The lowest BCUT2D eigenvalue weighted by atomic mass is 9.94. The molecule has 0 fully saturated rings. The molecule has 12 aromatic rings. The van der Waals surface area contributed by atoms with E-state index in [9.17, 15) is 0 Å². The highest BCUT2D eigenvalue weighted by molar-refractivity contribution is 6.25. The van der Waals surface area contributed by atoms with Gasteiger partial charge in [-0.2, -0.15) is 0 Å². The Labute approximate surface area is 374 Å². The van der Waals surface area contributed by atoms with Gasteiger partial charge >= 0.3 is 0 Å². The number of allylic oxidation sites excluding steroid dienone is 3. The first-order valence-corrected chi connectivity index (χ1v) is 22.6. The van der Waals surface area contributed by atoms with Crippen LogP contribution in [0.3, 0.4) is 0 Å². The number of nitrogens with zero attached hydrogens (tertiary/aromatic N) is 2. The number of hydrogen-bond acceptors (Lipinski definition) is 4. The van der Waals surface area contributed by atoms with Crippen LogP contribution in [0, 0.1) is 0 Å². The molecule has 5 heteroatoms. The molecule has 0 radical (unpaired) electrons. The highest BCUT2D eigenvalue weighted by Crippen LogP contribution is 2.46. The van der Waals surface area contributed by atoms with Crippen LogP contribution in [-0.2, 0) is 6.42 Å². The van der Waals surface area contributed by atoms with E-state index in [1.807, 2.05) is 12.1 Å². The zero-order valence-corrected chi connectivity index (χ0v) is 35.4. The molecule has 0 saturated carbocycles. The van der Waals surface area contributed by atoms with Gasteiger partial charge in [0, 0.05) is 66.8 Å². The van der Waals surface area contributed by atoms with Crippen LogP contribution < -0.4 is 4.90 Å². The van der Waals surface area contributed by atoms with Crippen LogP contribution in [-0.4, -0.2) is 10.6 Å². The first-order chi connectivity index (χ1) is 32.2. The number of hydrogen-bond donors (Lipinski definition) is 0. The second-order valence-electron chi connectivity index (χ2n) is 17.4. The number of benzene rings is 8. The fourth-order valence-corrected chi connectivity index (χ4v) is 10.8. The fourth-order valence-electron chi connectivity index (χ4n) is 10.8. The Kier molecular flexibility index (Phi) is 7.87. The van der Waals surface area contributed by atoms with E-state index in [4.69, 9.17) is 13.3 Å². The van der Waals surface area contributed by atoms with Crippen molar-refractivity contribution in [3.05, 3.63) is 211 Å². The van der Waals surface area contributed by atoms with Crippen LogP contribution in [0.2, 0.25) is 0 Å². The summed E-state index contributed by atoms with van der Waals surface area (Å²) in [6.45, 7) is 0. The molecule has 65 heavy (non-hydrogen) atoms. The van der Waals surface area contributed by atoms with Crippen molar-refractivity contribution in [2.75, 3.05) is 4.90 Å². The SMILES string of the molecule is C1=Cc2c(oc3c(-c4ccc(N(c5cccc6c5oc5c6ccc6c5c5ccccc5n6-c5ccccc5)C5C=CC(c6cccc7c6oc6ccccc67)=CC5)cc4)cccc23)CC1. The smallest absolute Gasteiger partial charge is 0.159 e. The number of rotatable bonds is 6. The Morgan fingerprint density at radius 3 is 2.09 bits per heavy atom. The van der Waals surface area contributed by atoms with E-state index in [0.29, 0.717) is 0 Å². The average Bonchev–Trinajstić information content (AvgIpc) is 4.14. The molecule has 8 aromatic carbocycles. The monoisotopic (exact) mass is 836 g/mol. The predicted octanol–water partition coefficient (Wildman–Crippen LogP) is 16.5. The topological polar surface area (TPSA) is 47.6 Å². The second-order valence-corrected chi connectivity index (χ2v) is 17.4. The lowest BCUT2D eigenvalue weighted by Crippen LogP contribution is -2.30. The van der Waals surface area contributed by atoms with E-state index < -0.39 is 0 Å². The van der Waals surface area contributed by atoms with Crippen molar-refractivity contribution < 1.29 is 13.3 Å². The number of fused-ring (bicyclic) bond motifs is 13. The number of anilines is 2. The summed E-state index contributed by atoms with van der Waals surface area (Å²) in [7, 11) is 0. The Morgan fingerprint density at radius 1 is 0.508 bits per heavy atom. The predicted molar refractivity (Wildman–Crippen MR) is 268 cm³/mol. The fraction of sp³-hybridized carbons (Fsp3) is 0.0667. The average molecular weight is 837 g/mol. The number of aryl methyl sites for hydroxylation is 1. The summed E-state index contributed by atoms with van der Waals surface area (Å²) in [5, 5.41) is 7.92. The van der Waals surface area contributed by atoms with Crippen LogP contribution >= 0.6 is 0 Å². The van der Waals surface area contributed by atoms with Gasteiger partial charge in [0.05, 0.1) is 28.1 Å². The largest absolute Gasteiger partial charge is 0.460 e. The molecule has 14 rings (SSSR count). The Bertz CT molecular complexity index is 3980. The number of furan rings is 3. The van der Waals surface area contributed by atoms with E-state index in [-0.39, 0.29) is 6.04 Å². The van der Waals surface area contributed by atoms with Gasteiger partial charge in [-0.25, -0.2) is 0 Å². The molecule has 2 aliphatic carbocycles. The summed E-state index contributed by atoms with van der Waals surface area (Å²) in [5.74, 6) is 1.08. The molecular weight excluding hydrogens is 797 g/mol. The van der Waals surface area contributed by atoms with Gasteiger partial charge < -0.3 is 22.7 Å². The van der Waals surface area contributed by atoms with Crippen LogP contribution in [0.25, 0.3) is 105 Å². The summed E-state index contributed by atoms with van der Waals surface area (Å²) >= 11 is 0. The maximum atomic E-state index is 7.27. The third kappa shape index (κ3) is 5.45. The van der Waals surface area contributed by atoms with E-state index in [1.165, 1.54) is 16.3 Å². The van der Waals surface area contributed by atoms with Crippen molar-refractivity contribution >= 4 is 99.7 Å². The Hall–Kier alpha value is -8.28. The number of para-hydroxylation sites is 6. The summed E-state index contributed by atoms with van der Waals surface area (Å²) in [6, 6.07) is 60.6. The van der Waals surface area contributed by atoms with Crippen molar-refractivity contribution in [1.29, 1.82) is 0 Å². The minimum absolute atomic E-state index is 0.00896. The maximum absolute atomic E-state index is 7.27. The minimum atomic E-state index is -0.00896. The highest BCUT2D eigenvalue weighted by atomic mass is 16.3. The van der Waals surface area contributed by atoms with Gasteiger partial charge in [-0.1, -0.05) is 146 Å². The summed E-state index contributed by atoms with van der Waals surface area (Å²) in [6.07, 6.45) is 14.2. The lowest BCUT2D eigenvalue weighted by molar-refractivity contribution is 0.547. The van der Waals surface area contributed by atoms with E-state index in [1.54, 1.807) is 0 Å². The van der Waals surface area contributed by atoms with E-state index in [0.717, 1.165) is 130 Å². The van der Waals surface area contributed by atoms with Crippen LogP contribution in [0.1, 0.15) is 29.7 Å². The summed E-state index contributed by atoms with van der Waals surface area (Å²) in [5.41, 5.74) is 15.7. The molecule has 308 valence electrons. The van der Waals surface area contributed by atoms with Gasteiger partial charge in [-0.3, -0.25) is 0 Å². The molecule has 5 nitrogen and oxygen atoms in total. The molecule has 0 amide bonds. The van der Waals surface area contributed by atoms with Crippen LogP contribution in [0.4, 0.5) is 11.4 Å². The van der Waals surface area contributed by atoms with E-state index >= 15 is 0 Å². The molecule has 4 aromatic heterocycles. The van der Waals surface area contributed by atoms with Gasteiger partial charge in [0.25, 0.3) is 0 Å². The van der Waals surface area contributed by atoms with Gasteiger partial charge in [0.15, 0.2) is 5.58 Å². The number of aromatic nitrogens is 1. The molecule has 0 spiro atoms. The van der Waals surface area contributed by atoms with Gasteiger partial charge in [-0.15, -0.1) is 0 Å². The lowest BCUT2D eigenvalue weighted by Gasteiger charge is -2.33. The zero-order chi connectivity index (χ0) is 42.6. The molecule has 4 heterocycles. The summed E-state index contributed by atoms with van der Waals surface area (Å²) in [4.78, 5) is 2.46. The molecule has 0 saturated heterocycles. The Morgan fingerprint density at radius 2 is 1.23 bits per heavy atom. The van der Waals surface area contributed by atoms with Crippen molar-refractivity contribution in [3.63, 3.8) is 0 Å². The normalized spacial score (nSPS) is 15.0. The molecule has 0 bridgehead atoms. The molecule has 0 N–H and O–H groups in total. The van der Waals surface area contributed by atoms with Crippen LogP contribution in [0.15, 0.2) is 207 Å². The first-order valence-electron chi connectivity index (χ1n) is 22.6. The molecule has 1 atom stereocenters. The van der Waals surface area contributed by atoms with Crippen molar-refractivity contribution in [1.82, 2.24) is 4.57 Å². The van der Waals surface area contributed by atoms with Crippen molar-refractivity contribution in [2.45, 2.75) is 25.3 Å². The highest BCUT2D eigenvalue weighted by Gasteiger charge is 2.27. The molecular formula is C60H40N2O3. The Balaban J connectivity index is 0.929. The first kappa shape index (κ1) is 36.2. The quantitative estimate of drug-likeness (QED) is 0.167. The molecule has 2 aliphatic rings. The van der Waals surface area contributed by atoms with Gasteiger partial charge in [0.2, 0.25) is 0 Å². The minimum Gasteiger partial charge on any atom is -0.460 e.